The second-order valence-electron chi connectivity index (χ2n) is 9.14. The number of amides is 1. The molecule has 2 aliphatic heterocycles. The van der Waals surface area contributed by atoms with Crippen LogP contribution in [0.25, 0.3) is 0 Å². The minimum absolute atomic E-state index is 0.0107. The van der Waals surface area contributed by atoms with E-state index >= 15 is 0 Å². The molecule has 2 aliphatic rings. The Morgan fingerprint density at radius 3 is 2.15 bits per heavy atom. The van der Waals surface area contributed by atoms with E-state index in [0.717, 1.165) is 38.0 Å². The molecule has 0 radical (unpaired) electrons. The number of nitrogens with one attached hydrogen (secondary N) is 1. The smallest absolute Gasteiger partial charge is 0.243 e. The Kier molecular flexibility index (Phi) is 8.17. The van der Waals surface area contributed by atoms with E-state index in [1.54, 1.807) is 16.4 Å². The third-order valence-corrected chi connectivity index (χ3v) is 8.62. The lowest BCUT2D eigenvalue weighted by Gasteiger charge is -2.27. The minimum Gasteiger partial charge on any atom is -0.352 e. The number of carbonyl (C=O) groups excluding carboxylic acids is 1. The second kappa shape index (κ2) is 11.3. The maximum atomic E-state index is 12.6. The lowest BCUT2D eigenvalue weighted by Crippen LogP contribution is -2.30. The maximum Gasteiger partial charge on any atom is 0.243 e. The summed E-state index contributed by atoms with van der Waals surface area (Å²) in [6, 6.07) is 15.3. The van der Waals surface area contributed by atoms with Crippen LogP contribution in [0.4, 0.5) is 0 Å². The van der Waals surface area contributed by atoms with Crippen molar-refractivity contribution in [2.75, 3.05) is 26.2 Å². The molecule has 2 aromatic carbocycles. The highest BCUT2D eigenvalue weighted by Gasteiger charge is 2.26. The van der Waals surface area contributed by atoms with Crippen LogP contribution in [-0.4, -0.2) is 49.7 Å². The van der Waals surface area contributed by atoms with Gasteiger partial charge in [-0.05, 0) is 74.0 Å². The molecule has 6 nitrogen and oxygen atoms in total. The van der Waals surface area contributed by atoms with Crippen molar-refractivity contribution in [2.45, 2.75) is 62.9 Å². The third kappa shape index (κ3) is 6.43. The highest BCUT2D eigenvalue weighted by atomic mass is 32.2. The molecule has 1 amide bonds. The van der Waals surface area contributed by atoms with Gasteiger partial charge in [-0.3, -0.25) is 9.69 Å². The van der Waals surface area contributed by atoms with Gasteiger partial charge in [-0.25, -0.2) is 8.42 Å². The first-order chi connectivity index (χ1) is 16.0. The van der Waals surface area contributed by atoms with Crippen molar-refractivity contribution < 1.29 is 13.2 Å². The van der Waals surface area contributed by atoms with Crippen LogP contribution >= 0.6 is 0 Å². The molecule has 0 atom stereocenters. The van der Waals surface area contributed by atoms with Gasteiger partial charge in [0.15, 0.2) is 0 Å². The zero-order chi connectivity index (χ0) is 23.1. The number of aryl methyl sites for hydroxylation is 1. The van der Waals surface area contributed by atoms with Gasteiger partial charge in [0.2, 0.25) is 15.9 Å². The first kappa shape index (κ1) is 23.9. The Hall–Kier alpha value is -2.22. The fraction of sp³-hybridized carbons (Fsp3) is 0.500. The number of sulfonamides is 1. The molecule has 33 heavy (non-hydrogen) atoms. The summed E-state index contributed by atoms with van der Waals surface area (Å²) >= 11 is 0. The maximum absolute atomic E-state index is 12.6. The number of piperidine rings is 1. The largest absolute Gasteiger partial charge is 0.352 e. The minimum atomic E-state index is -3.39. The standard InChI is InChI=1S/C26H35N3O3S/c30-26(27-20-23-8-2-3-9-24(23)21-28-16-4-1-5-17-28)15-12-22-10-13-25(14-11-22)33(31,32)29-18-6-7-19-29/h2-3,8-11,13-14H,1,4-7,12,15-21H2,(H,27,30). The summed E-state index contributed by atoms with van der Waals surface area (Å²) in [5.41, 5.74) is 3.43. The summed E-state index contributed by atoms with van der Waals surface area (Å²) < 4.78 is 26.8. The van der Waals surface area contributed by atoms with Gasteiger partial charge in [0, 0.05) is 32.6 Å². The van der Waals surface area contributed by atoms with E-state index in [1.165, 1.54) is 30.4 Å². The van der Waals surface area contributed by atoms with Gasteiger partial charge >= 0.3 is 0 Å². The van der Waals surface area contributed by atoms with Crippen molar-refractivity contribution in [2.24, 2.45) is 0 Å². The van der Waals surface area contributed by atoms with E-state index in [1.807, 2.05) is 18.2 Å². The van der Waals surface area contributed by atoms with E-state index in [-0.39, 0.29) is 5.91 Å². The molecule has 2 fully saturated rings. The molecule has 0 aromatic heterocycles. The average Bonchev–Trinajstić information content (AvgIpc) is 3.39. The predicted molar refractivity (Wildman–Crippen MR) is 130 cm³/mol. The van der Waals surface area contributed by atoms with Gasteiger partial charge < -0.3 is 5.32 Å². The highest BCUT2D eigenvalue weighted by Crippen LogP contribution is 2.21. The molecular formula is C26H35N3O3S. The Morgan fingerprint density at radius 1 is 0.818 bits per heavy atom. The van der Waals surface area contributed by atoms with Crippen molar-refractivity contribution in [3.05, 3.63) is 65.2 Å². The van der Waals surface area contributed by atoms with E-state index in [0.29, 0.717) is 37.4 Å². The lowest BCUT2D eigenvalue weighted by atomic mass is 10.0. The predicted octanol–water partition coefficient (Wildman–Crippen LogP) is 3.71. The number of carbonyl (C=O) groups is 1. The second-order valence-corrected chi connectivity index (χ2v) is 11.1. The summed E-state index contributed by atoms with van der Waals surface area (Å²) in [5, 5.41) is 3.06. The van der Waals surface area contributed by atoms with Crippen molar-refractivity contribution in [1.82, 2.24) is 14.5 Å². The number of benzene rings is 2. The molecule has 4 rings (SSSR count). The Morgan fingerprint density at radius 2 is 1.45 bits per heavy atom. The van der Waals surface area contributed by atoms with Crippen LogP contribution in [0.3, 0.4) is 0 Å². The number of nitrogens with zero attached hydrogens (tertiary/aromatic N) is 2. The molecule has 7 heteroatoms. The van der Waals surface area contributed by atoms with Crippen LogP contribution in [0.5, 0.6) is 0 Å². The monoisotopic (exact) mass is 469 g/mol. The Bertz CT molecular complexity index is 1030. The van der Waals surface area contributed by atoms with Crippen LogP contribution in [0.15, 0.2) is 53.4 Å². The molecular weight excluding hydrogens is 434 g/mol. The van der Waals surface area contributed by atoms with Crippen LogP contribution in [0.1, 0.15) is 55.2 Å². The van der Waals surface area contributed by atoms with Crippen LogP contribution in [0, 0.1) is 0 Å². The van der Waals surface area contributed by atoms with Crippen molar-refractivity contribution in [3.8, 4) is 0 Å². The normalized spacial score (nSPS) is 17.8. The van der Waals surface area contributed by atoms with Crippen LogP contribution < -0.4 is 5.32 Å². The molecule has 0 aliphatic carbocycles. The third-order valence-electron chi connectivity index (χ3n) is 6.70. The zero-order valence-electron chi connectivity index (χ0n) is 19.3. The van der Waals surface area contributed by atoms with Gasteiger partial charge in [0.05, 0.1) is 4.90 Å². The number of likely N-dealkylation sites (tertiary alicyclic amines) is 1. The number of hydrogen-bond donors (Lipinski definition) is 1. The first-order valence-electron chi connectivity index (χ1n) is 12.2. The molecule has 2 saturated heterocycles. The van der Waals surface area contributed by atoms with E-state index in [9.17, 15) is 13.2 Å². The average molecular weight is 470 g/mol. The number of hydrogen-bond acceptors (Lipinski definition) is 4. The zero-order valence-corrected chi connectivity index (χ0v) is 20.2. The van der Waals surface area contributed by atoms with Gasteiger partial charge in [-0.1, -0.05) is 42.8 Å². The summed E-state index contributed by atoms with van der Waals surface area (Å²) in [5.74, 6) is 0.0107. The van der Waals surface area contributed by atoms with E-state index in [4.69, 9.17) is 0 Å². The van der Waals surface area contributed by atoms with Crippen LogP contribution in [-0.2, 0) is 34.3 Å². The van der Waals surface area contributed by atoms with Crippen molar-refractivity contribution >= 4 is 15.9 Å². The van der Waals surface area contributed by atoms with Gasteiger partial charge in [0.25, 0.3) is 0 Å². The topological polar surface area (TPSA) is 69.7 Å². The summed E-state index contributed by atoms with van der Waals surface area (Å²) in [4.78, 5) is 15.3. The molecule has 0 unspecified atom stereocenters. The molecule has 0 saturated carbocycles. The molecule has 1 N–H and O–H groups in total. The molecule has 178 valence electrons. The van der Waals surface area contributed by atoms with Crippen molar-refractivity contribution in [1.29, 1.82) is 0 Å². The molecule has 2 heterocycles. The van der Waals surface area contributed by atoms with Gasteiger partial charge in [0.1, 0.15) is 0 Å². The Balaban J connectivity index is 1.26. The fourth-order valence-corrected chi connectivity index (χ4v) is 6.21. The van der Waals surface area contributed by atoms with Crippen molar-refractivity contribution in [3.63, 3.8) is 0 Å². The fourth-order valence-electron chi connectivity index (χ4n) is 4.69. The van der Waals surface area contributed by atoms with Crippen LogP contribution in [0.2, 0.25) is 0 Å². The van der Waals surface area contributed by atoms with Gasteiger partial charge in [-0.2, -0.15) is 4.31 Å². The quantitative estimate of drug-likeness (QED) is 0.608. The van der Waals surface area contributed by atoms with E-state index in [2.05, 4.69) is 28.4 Å². The van der Waals surface area contributed by atoms with E-state index < -0.39 is 10.0 Å². The molecule has 0 bridgehead atoms. The summed E-state index contributed by atoms with van der Waals surface area (Å²) in [7, 11) is -3.39. The SMILES string of the molecule is O=C(CCc1ccc(S(=O)(=O)N2CCCC2)cc1)NCc1ccccc1CN1CCCCC1. The highest BCUT2D eigenvalue weighted by molar-refractivity contribution is 7.89. The molecule has 2 aromatic rings. The number of rotatable bonds is 9. The first-order valence-corrected chi connectivity index (χ1v) is 13.6. The summed E-state index contributed by atoms with van der Waals surface area (Å²) in [6.45, 7) is 4.99. The van der Waals surface area contributed by atoms with Gasteiger partial charge in [-0.15, -0.1) is 0 Å². The lowest BCUT2D eigenvalue weighted by molar-refractivity contribution is -0.121. The summed E-state index contributed by atoms with van der Waals surface area (Å²) in [6.07, 6.45) is 6.68. The Labute approximate surface area is 198 Å². The molecule has 0 spiro atoms.